The van der Waals surface area contributed by atoms with Crippen molar-refractivity contribution in [2.45, 2.75) is 31.7 Å². The van der Waals surface area contributed by atoms with Gasteiger partial charge in [-0.25, -0.2) is 4.39 Å². The summed E-state index contributed by atoms with van der Waals surface area (Å²) < 4.78 is 14.1. The number of hydrogen-bond acceptors (Lipinski definition) is 4. The summed E-state index contributed by atoms with van der Waals surface area (Å²) in [5.41, 5.74) is 4.66. The lowest BCUT2D eigenvalue weighted by Gasteiger charge is -2.33. The molecule has 0 amide bonds. The second-order valence-corrected chi connectivity index (χ2v) is 8.39. The summed E-state index contributed by atoms with van der Waals surface area (Å²) in [5, 5.41) is 16.4. The van der Waals surface area contributed by atoms with Gasteiger partial charge < -0.3 is 15.7 Å². The molecular formula is C26H28FN3O2. The Labute approximate surface area is 187 Å². The SMILES string of the molecule is C[C@H](C(=O)O)c1cc(F)cc(CCN[C@H](c2ccccc2)[C@H]2CNc3cccnc3C2)c1. The van der Waals surface area contributed by atoms with E-state index < -0.39 is 17.7 Å². The number of carboxylic acid groups (broad SMARTS) is 1. The van der Waals surface area contributed by atoms with Crippen molar-refractivity contribution in [2.75, 3.05) is 18.4 Å². The van der Waals surface area contributed by atoms with E-state index in [2.05, 4.69) is 33.8 Å². The Morgan fingerprint density at radius 2 is 2.00 bits per heavy atom. The summed E-state index contributed by atoms with van der Waals surface area (Å²) in [4.78, 5) is 15.8. The van der Waals surface area contributed by atoms with E-state index in [1.54, 1.807) is 13.0 Å². The predicted octanol–water partition coefficient (Wildman–Crippen LogP) is 4.57. The number of nitrogens with zero attached hydrogens (tertiary/aromatic N) is 1. The summed E-state index contributed by atoms with van der Waals surface area (Å²) in [7, 11) is 0. The van der Waals surface area contributed by atoms with Crippen LogP contribution in [0.2, 0.25) is 0 Å². The summed E-state index contributed by atoms with van der Waals surface area (Å²) in [5.74, 6) is -1.78. The first-order chi connectivity index (χ1) is 15.5. The Morgan fingerprint density at radius 3 is 2.78 bits per heavy atom. The molecule has 0 saturated heterocycles. The first-order valence-corrected chi connectivity index (χ1v) is 11.0. The van der Waals surface area contributed by atoms with Crippen molar-refractivity contribution in [2.24, 2.45) is 5.92 Å². The van der Waals surface area contributed by atoms with Gasteiger partial charge in [0.1, 0.15) is 5.82 Å². The van der Waals surface area contributed by atoms with Crippen LogP contribution in [0.15, 0.2) is 66.9 Å². The fraction of sp³-hybridized carbons (Fsp3) is 0.308. The fourth-order valence-corrected chi connectivity index (χ4v) is 4.36. The summed E-state index contributed by atoms with van der Waals surface area (Å²) in [6.45, 7) is 3.06. The van der Waals surface area contributed by atoms with Crippen LogP contribution in [0, 0.1) is 11.7 Å². The van der Waals surface area contributed by atoms with Gasteiger partial charge in [0, 0.05) is 24.7 Å². The number of carboxylic acids is 1. The number of fused-ring (bicyclic) bond motifs is 1. The summed E-state index contributed by atoms with van der Waals surface area (Å²) in [6.07, 6.45) is 3.30. The Hall–Kier alpha value is -3.25. The molecule has 0 radical (unpaired) electrons. The van der Waals surface area contributed by atoms with Gasteiger partial charge in [-0.2, -0.15) is 0 Å². The average molecular weight is 434 g/mol. The minimum atomic E-state index is -0.956. The molecule has 0 saturated carbocycles. The first-order valence-electron chi connectivity index (χ1n) is 11.0. The molecule has 3 N–H and O–H groups in total. The fourth-order valence-electron chi connectivity index (χ4n) is 4.36. The number of aromatic nitrogens is 1. The number of benzene rings is 2. The molecule has 166 valence electrons. The molecule has 4 rings (SSSR count). The maximum Gasteiger partial charge on any atom is 0.310 e. The third-order valence-corrected chi connectivity index (χ3v) is 6.16. The quantitative estimate of drug-likeness (QED) is 0.485. The molecule has 6 heteroatoms. The maximum atomic E-state index is 14.1. The summed E-state index contributed by atoms with van der Waals surface area (Å²) in [6, 6.07) is 19.0. The normalized spacial score (nSPS) is 17.1. The van der Waals surface area contributed by atoms with Crippen molar-refractivity contribution >= 4 is 11.7 Å². The van der Waals surface area contributed by atoms with E-state index in [1.165, 1.54) is 17.7 Å². The lowest BCUT2D eigenvalue weighted by Crippen LogP contribution is -2.37. The van der Waals surface area contributed by atoms with Crippen LogP contribution in [0.3, 0.4) is 0 Å². The van der Waals surface area contributed by atoms with Gasteiger partial charge in [-0.3, -0.25) is 9.78 Å². The van der Waals surface area contributed by atoms with Gasteiger partial charge in [-0.15, -0.1) is 0 Å². The van der Waals surface area contributed by atoms with E-state index in [0.717, 1.165) is 29.9 Å². The average Bonchev–Trinajstić information content (AvgIpc) is 2.81. The van der Waals surface area contributed by atoms with Gasteiger partial charge in [0.2, 0.25) is 0 Å². The number of halogens is 1. The molecule has 3 aromatic rings. The Balaban J connectivity index is 1.48. The molecule has 0 unspecified atom stereocenters. The second kappa shape index (κ2) is 9.92. The minimum absolute atomic E-state index is 0.116. The molecule has 0 aliphatic carbocycles. The standard InChI is InChI=1S/C26H28FN3O2/c1-17(26(31)32)20-12-18(13-22(27)14-20)9-11-29-25(19-6-3-2-4-7-19)21-15-24-23(30-16-21)8-5-10-28-24/h2-8,10,12-14,17,21,25,29-30H,9,11,15-16H2,1H3,(H,31,32)/t17-,21+,25+/m0/s1. The lowest BCUT2D eigenvalue weighted by molar-refractivity contribution is -0.138. The van der Waals surface area contributed by atoms with Gasteiger partial charge >= 0.3 is 5.97 Å². The molecule has 1 aliphatic heterocycles. The van der Waals surface area contributed by atoms with Crippen molar-refractivity contribution in [3.63, 3.8) is 0 Å². The Kier molecular flexibility index (Phi) is 6.81. The highest BCUT2D eigenvalue weighted by molar-refractivity contribution is 5.75. The molecule has 0 bridgehead atoms. The third kappa shape index (κ3) is 5.14. The van der Waals surface area contributed by atoms with E-state index in [0.29, 0.717) is 24.4 Å². The maximum absolute atomic E-state index is 14.1. The number of aliphatic carboxylic acids is 1. The van der Waals surface area contributed by atoms with Crippen LogP contribution in [0.4, 0.5) is 10.1 Å². The van der Waals surface area contributed by atoms with Gasteiger partial charge in [0.15, 0.2) is 0 Å². The van der Waals surface area contributed by atoms with Gasteiger partial charge in [-0.05, 0) is 67.3 Å². The molecule has 1 aromatic heterocycles. The number of anilines is 1. The Bertz CT molecular complexity index is 1070. The molecule has 0 fully saturated rings. The number of hydrogen-bond donors (Lipinski definition) is 3. The highest BCUT2D eigenvalue weighted by Crippen LogP contribution is 2.31. The zero-order valence-electron chi connectivity index (χ0n) is 18.1. The second-order valence-electron chi connectivity index (χ2n) is 8.39. The lowest BCUT2D eigenvalue weighted by atomic mass is 9.86. The first kappa shape index (κ1) is 22.0. The smallest absolute Gasteiger partial charge is 0.310 e. The monoisotopic (exact) mass is 433 g/mol. The zero-order chi connectivity index (χ0) is 22.5. The van der Waals surface area contributed by atoms with Crippen molar-refractivity contribution in [1.82, 2.24) is 10.3 Å². The number of nitrogens with one attached hydrogen (secondary N) is 2. The van der Waals surface area contributed by atoms with Crippen molar-refractivity contribution in [3.05, 3.63) is 95.1 Å². The van der Waals surface area contributed by atoms with E-state index in [-0.39, 0.29) is 6.04 Å². The number of rotatable bonds is 8. The highest BCUT2D eigenvalue weighted by Gasteiger charge is 2.27. The van der Waals surface area contributed by atoms with Crippen LogP contribution in [-0.2, 0) is 17.6 Å². The van der Waals surface area contributed by atoms with Crippen molar-refractivity contribution < 1.29 is 14.3 Å². The molecule has 32 heavy (non-hydrogen) atoms. The largest absolute Gasteiger partial charge is 0.481 e. The van der Waals surface area contributed by atoms with E-state index >= 15 is 0 Å². The van der Waals surface area contributed by atoms with Crippen LogP contribution >= 0.6 is 0 Å². The zero-order valence-corrected chi connectivity index (χ0v) is 18.1. The molecule has 1 aliphatic rings. The topological polar surface area (TPSA) is 74.2 Å². The van der Waals surface area contributed by atoms with Gasteiger partial charge in [0.05, 0.1) is 17.3 Å². The highest BCUT2D eigenvalue weighted by atomic mass is 19.1. The Morgan fingerprint density at radius 1 is 1.19 bits per heavy atom. The molecule has 3 atom stereocenters. The van der Waals surface area contributed by atoms with Gasteiger partial charge in [-0.1, -0.05) is 36.4 Å². The van der Waals surface area contributed by atoms with E-state index in [9.17, 15) is 14.3 Å². The summed E-state index contributed by atoms with van der Waals surface area (Å²) >= 11 is 0. The molecule has 2 heterocycles. The molecular weight excluding hydrogens is 405 g/mol. The van der Waals surface area contributed by atoms with Crippen LogP contribution in [0.1, 0.15) is 41.3 Å². The number of pyridine rings is 1. The minimum Gasteiger partial charge on any atom is -0.481 e. The van der Waals surface area contributed by atoms with Crippen LogP contribution in [0.25, 0.3) is 0 Å². The van der Waals surface area contributed by atoms with Crippen LogP contribution in [0.5, 0.6) is 0 Å². The van der Waals surface area contributed by atoms with E-state index in [1.807, 2.05) is 30.5 Å². The van der Waals surface area contributed by atoms with Crippen LogP contribution in [-0.4, -0.2) is 29.1 Å². The molecule has 5 nitrogen and oxygen atoms in total. The molecule has 0 spiro atoms. The third-order valence-electron chi connectivity index (χ3n) is 6.16. The van der Waals surface area contributed by atoms with Crippen molar-refractivity contribution in [1.29, 1.82) is 0 Å². The van der Waals surface area contributed by atoms with Crippen LogP contribution < -0.4 is 10.6 Å². The molecule has 2 aromatic carbocycles. The van der Waals surface area contributed by atoms with Crippen molar-refractivity contribution in [3.8, 4) is 0 Å². The van der Waals surface area contributed by atoms with E-state index in [4.69, 9.17) is 0 Å². The number of carbonyl (C=O) groups is 1. The predicted molar refractivity (Wildman–Crippen MR) is 123 cm³/mol. The van der Waals surface area contributed by atoms with Gasteiger partial charge in [0.25, 0.3) is 0 Å².